The maximum atomic E-state index is 6.29. The van der Waals surface area contributed by atoms with E-state index in [0.29, 0.717) is 5.02 Å². The molecular weight excluding hydrogens is 258 g/mol. The van der Waals surface area contributed by atoms with Crippen molar-refractivity contribution < 1.29 is 4.74 Å². The van der Waals surface area contributed by atoms with Gasteiger partial charge in [-0.2, -0.15) is 0 Å². The Kier molecular flexibility index (Phi) is 4.13. The van der Waals surface area contributed by atoms with Gasteiger partial charge in [-0.3, -0.25) is 0 Å². The fraction of sp³-hybridized carbons (Fsp3) is 0.250. The van der Waals surface area contributed by atoms with Gasteiger partial charge >= 0.3 is 0 Å². The Morgan fingerprint density at radius 2 is 1.89 bits per heavy atom. The molecule has 0 bridgehead atoms. The lowest BCUT2D eigenvalue weighted by molar-refractivity contribution is 0.416. The van der Waals surface area contributed by atoms with Crippen LogP contribution in [0.5, 0.6) is 5.75 Å². The molecule has 19 heavy (non-hydrogen) atoms. The van der Waals surface area contributed by atoms with Crippen LogP contribution in [-0.4, -0.2) is 7.11 Å². The van der Waals surface area contributed by atoms with Gasteiger partial charge in [-0.05, 0) is 43.2 Å². The molecule has 0 aromatic heterocycles. The van der Waals surface area contributed by atoms with E-state index >= 15 is 0 Å². The summed E-state index contributed by atoms with van der Waals surface area (Å²) in [6.07, 6.45) is 0. The highest BCUT2D eigenvalue weighted by Gasteiger charge is 2.10. The zero-order valence-corrected chi connectivity index (χ0v) is 12.2. The summed E-state index contributed by atoms with van der Waals surface area (Å²) < 4.78 is 5.40. The first kappa shape index (κ1) is 13.9. The summed E-state index contributed by atoms with van der Waals surface area (Å²) in [4.78, 5) is 0. The van der Waals surface area contributed by atoms with Gasteiger partial charge in [0.05, 0.1) is 7.11 Å². The van der Waals surface area contributed by atoms with Crippen LogP contribution in [0.3, 0.4) is 0 Å². The summed E-state index contributed by atoms with van der Waals surface area (Å²) in [6, 6.07) is 12.0. The van der Waals surface area contributed by atoms with Crippen LogP contribution in [-0.2, 0) is 0 Å². The third kappa shape index (κ3) is 2.91. The van der Waals surface area contributed by atoms with Crippen molar-refractivity contribution in [2.75, 3.05) is 7.11 Å². The Morgan fingerprint density at radius 1 is 1.16 bits per heavy atom. The van der Waals surface area contributed by atoms with E-state index in [1.165, 1.54) is 5.56 Å². The monoisotopic (exact) mass is 275 g/mol. The lowest BCUT2D eigenvalue weighted by Gasteiger charge is -2.13. The highest BCUT2D eigenvalue weighted by molar-refractivity contribution is 6.31. The minimum absolute atomic E-state index is 0.0686. The number of ether oxygens (including phenoxy) is 1. The molecule has 100 valence electrons. The largest absolute Gasteiger partial charge is 0.496 e. The first-order valence-electron chi connectivity index (χ1n) is 6.23. The van der Waals surface area contributed by atoms with Gasteiger partial charge < -0.3 is 10.5 Å². The molecule has 0 aliphatic rings. The summed E-state index contributed by atoms with van der Waals surface area (Å²) in [6.45, 7) is 3.98. The van der Waals surface area contributed by atoms with Gasteiger partial charge in [-0.15, -0.1) is 0 Å². The molecule has 2 nitrogen and oxygen atoms in total. The summed E-state index contributed by atoms with van der Waals surface area (Å²) in [5.41, 5.74) is 10.1. The minimum atomic E-state index is -0.0686. The van der Waals surface area contributed by atoms with E-state index in [-0.39, 0.29) is 6.04 Å². The molecule has 0 fully saturated rings. The second kappa shape index (κ2) is 5.64. The predicted octanol–water partition coefficient (Wildman–Crippen LogP) is 4.34. The quantitative estimate of drug-likeness (QED) is 0.904. The van der Waals surface area contributed by atoms with E-state index in [4.69, 9.17) is 22.1 Å². The molecule has 0 heterocycles. The zero-order chi connectivity index (χ0) is 14.0. The van der Waals surface area contributed by atoms with Crippen LogP contribution in [0.4, 0.5) is 0 Å². The smallest absolute Gasteiger partial charge is 0.126 e. The van der Waals surface area contributed by atoms with E-state index < -0.39 is 0 Å². The maximum Gasteiger partial charge on any atom is 0.126 e. The third-order valence-corrected chi connectivity index (χ3v) is 3.48. The van der Waals surface area contributed by atoms with E-state index in [9.17, 15) is 0 Å². The van der Waals surface area contributed by atoms with E-state index in [1.54, 1.807) is 7.11 Å². The van der Waals surface area contributed by atoms with Crippen molar-refractivity contribution in [3.05, 3.63) is 52.5 Å². The summed E-state index contributed by atoms with van der Waals surface area (Å²) >= 11 is 6.29. The molecule has 0 saturated heterocycles. The van der Waals surface area contributed by atoms with Crippen molar-refractivity contribution in [1.82, 2.24) is 0 Å². The van der Waals surface area contributed by atoms with Crippen LogP contribution in [0.2, 0.25) is 5.02 Å². The summed E-state index contributed by atoms with van der Waals surface area (Å²) in [7, 11) is 1.67. The van der Waals surface area contributed by atoms with Crippen LogP contribution in [0.1, 0.15) is 24.1 Å². The van der Waals surface area contributed by atoms with Gasteiger partial charge in [0.1, 0.15) is 5.75 Å². The zero-order valence-electron chi connectivity index (χ0n) is 11.4. The van der Waals surface area contributed by atoms with Crippen molar-refractivity contribution in [3.8, 4) is 16.9 Å². The van der Waals surface area contributed by atoms with Crippen molar-refractivity contribution in [1.29, 1.82) is 0 Å². The minimum Gasteiger partial charge on any atom is -0.496 e. The Hall–Kier alpha value is -1.51. The van der Waals surface area contributed by atoms with Gasteiger partial charge in [0.25, 0.3) is 0 Å². The molecule has 2 aromatic carbocycles. The number of aryl methyl sites for hydroxylation is 1. The van der Waals surface area contributed by atoms with Gasteiger partial charge in [0.2, 0.25) is 0 Å². The fourth-order valence-electron chi connectivity index (χ4n) is 2.11. The van der Waals surface area contributed by atoms with E-state index in [1.807, 2.05) is 37.3 Å². The van der Waals surface area contributed by atoms with Crippen molar-refractivity contribution in [3.63, 3.8) is 0 Å². The number of rotatable bonds is 3. The Morgan fingerprint density at radius 3 is 2.47 bits per heavy atom. The van der Waals surface area contributed by atoms with Crippen LogP contribution in [0, 0.1) is 6.92 Å². The summed E-state index contributed by atoms with van der Waals surface area (Å²) in [5.74, 6) is 0.843. The second-order valence-electron chi connectivity index (χ2n) is 4.73. The molecule has 2 rings (SSSR count). The molecule has 2 N–H and O–H groups in total. The molecule has 2 aromatic rings. The van der Waals surface area contributed by atoms with Crippen molar-refractivity contribution in [2.24, 2.45) is 5.73 Å². The number of benzene rings is 2. The molecule has 0 radical (unpaired) electrons. The predicted molar refractivity (Wildman–Crippen MR) is 80.8 cm³/mol. The maximum absolute atomic E-state index is 6.29. The van der Waals surface area contributed by atoms with Gasteiger partial charge in [0.15, 0.2) is 0 Å². The average Bonchev–Trinajstić information content (AvgIpc) is 2.38. The van der Waals surface area contributed by atoms with Crippen LogP contribution in [0.25, 0.3) is 11.1 Å². The molecule has 0 aliphatic carbocycles. The lowest BCUT2D eigenvalue weighted by atomic mass is 9.99. The Bertz CT molecular complexity index is 593. The number of nitrogens with two attached hydrogens (primary N) is 1. The molecule has 0 spiro atoms. The number of halogens is 1. The molecule has 0 saturated carbocycles. The van der Waals surface area contributed by atoms with Crippen LogP contribution < -0.4 is 10.5 Å². The highest BCUT2D eigenvalue weighted by atomic mass is 35.5. The first-order valence-corrected chi connectivity index (χ1v) is 6.60. The molecule has 3 heteroatoms. The van der Waals surface area contributed by atoms with Crippen LogP contribution >= 0.6 is 11.6 Å². The number of methoxy groups -OCH3 is 1. The number of hydrogen-bond acceptors (Lipinski definition) is 2. The lowest BCUT2D eigenvalue weighted by Crippen LogP contribution is -2.05. The Balaban J connectivity index is 2.53. The molecular formula is C16H18ClNO. The fourth-order valence-corrected chi connectivity index (χ4v) is 2.46. The van der Waals surface area contributed by atoms with E-state index in [0.717, 1.165) is 22.4 Å². The molecule has 0 aliphatic heterocycles. The highest BCUT2D eigenvalue weighted by Crippen LogP contribution is 2.34. The molecule has 1 unspecified atom stereocenters. The standard InChI is InChI=1S/C16H18ClNO/c1-10-4-7-16(19-3)14(8-10)12-5-6-13(11(2)18)15(17)9-12/h4-9,11H,18H2,1-3H3. The van der Waals surface area contributed by atoms with Crippen LogP contribution in [0.15, 0.2) is 36.4 Å². The normalized spacial score (nSPS) is 12.3. The first-order chi connectivity index (χ1) is 9.02. The van der Waals surface area contributed by atoms with Gasteiger partial charge in [-0.25, -0.2) is 0 Å². The molecule has 0 amide bonds. The van der Waals surface area contributed by atoms with E-state index in [2.05, 4.69) is 13.0 Å². The van der Waals surface area contributed by atoms with Crippen molar-refractivity contribution >= 4 is 11.6 Å². The van der Waals surface area contributed by atoms with Crippen molar-refractivity contribution in [2.45, 2.75) is 19.9 Å². The average molecular weight is 276 g/mol. The SMILES string of the molecule is COc1ccc(C)cc1-c1ccc(C(C)N)c(Cl)c1. The topological polar surface area (TPSA) is 35.2 Å². The number of hydrogen-bond donors (Lipinski definition) is 1. The molecule has 1 atom stereocenters. The summed E-state index contributed by atoms with van der Waals surface area (Å²) in [5, 5.41) is 0.691. The third-order valence-electron chi connectivity index (χ3n) is 3.16. The van der Waals surface area contributed by atoms with Gasteiger partial charge in [-0.1, -0.05) is 35.4 Å². The Labute approximate surface area is 119 Å². The van der Waals surface area contributed by atoms with Gasteiger partial charge in [0, 0.05) is 16.6 Å². The second-order valence-corrected chi connectivity index (χ2v) is 5.14.